The third-order valence-electron chi connectivity index (χ3n) is 2.10. The van der Waals surface area contributed by atoms with E-state index in [2.05, 4.69) is 10.1 Å². The molecule has 17 heavy (non-hydrogen) atoms. The fourth-order valence-electron chi connectivity index (χ4n) is 1.35. The number of diazo groups is 1. The van der Waals surface area contributed by atoms with Gasteiger partial charge >= 0.3 is 5.69 Å². The molecule has 0 saturated heterocycles. The van der Waals surface area contributed by atoms with E-state index in [0.717, 1.165) is 0 Å². The lowest BCUT2D eigenvalue weighted by Gasteiger charge is -2.05. The molecule has 2 rings (SSSR count). The van der Waals surface area contributed by atoms with Crippen molar-refractivity contribution in [3.63, 3.8) is 0 Å². The van der Waals surface area contributed by atoms with Gasteiger partial charge in [-0.05, 0) is 18.2 Å². The van der Waals surface area contributed by atoms with Gasteiger partial charge in [-0.2, -0.15) is 0 Å². The second-order valence-corrected chi connectivity index (χ2v) is 3.30. The maximum Gasteiger partial charge on any atom is 0.388 e. The summed E-state index contributed by atoms with van der Waals surface area (Å²) in [5.74, 6) is 1.07. The van der Waals surface area contributed by atoms with Crippen molar-refractivity contribution in [3.8, 4) is 11.5 Å². The van der Waals surface area contributed by atoms with Gasteiger partial charge in [-0.3, -0.25) is 0 Å². The van der Waals surface area contributed by atoms with Crippen LogP contribution in [0.5, 0.6) is 11.5 Å². The molecule has 0 atom stereocenters. The normalized spacial score (nSPS) is 9.35. The van der Waals surface area contributed by atoms with Gasteiger partial charge in [0, 0.05) is 17.8 Å². The van der Waals surface area contributed by atoms with Crippen LogP contribution in [-0.4, -0.2) is 0 Å². The largest absolute Gasteiger partial charge is 0.706 e. The van der Waals surface area contributed by atoms with Gasteiger partial charge in [0.1, 0.15) is 11.5 Å². The van der Waals surface area contributed by atoms with Crippen LogP contribution < -0.4 is 4.74 Å². The minimum atomic E-state index is 0.408. The Morgan fingerprint density at radius 3 is 2.47 bits per heavy atom. The van der Waals surface area contributed by atoms with Crippen LogP contribution in [0.25, 0.3) is 10.5 Å². The minimum Gasteiger partial charge on any atom is -0.706 e. The van der Waals surface area contributed by atoms with E-state index in [1.807, 2.05) is 0 Å². The van der Waals surface area contributed by atoms with Gasteiger partial charge < -0.3 is 15.4 Å². The zero-order chi connectivity index (χ0) is 12.1. The van der Waals surface area contributed by atoms with Crippen molar-refractivity contribution in [3.05, 3.63) is 59.0 Å². The van der Waals surface area contributed by atoms with Crippen LogP contribution in [0, 0.1) is 5.39 Å². The molecule has 5 nitrogen and oxygen atoms in total. The summed E-state index contributed by atoms with van der Waals surface area (Å²) >= 11 is 0. The Hall–Kier alpha value is -2.74. The SMILES string of the molecule is N#[N+]c1cccc(Oc2cccc(N=[N-])c2)c1. The lowest BCUT2D eigenvalue weighted by Crippen LogP contribution is -1.82. The summed E-state index contributed by atoms with van der Waals surface area (Å²) in [6, 6.07) is 13.4. The summed E-state index contributed by atoms with van der Waals surface area (Å²) < 4.78 is 5.52. The Balaban J connectivity index is 2.25. The molecule has 2 aromatic rings. The van der Waals surface area contributed by atoms with Crippen molar-refractivity contribution in [2.45, 2.75) is 0 Å². The van der Waals surface area contributed by atoms with E-state index >= 15 is 0 Å². The standard InChI is InChI=1S/C12H8N4O/c13-15-9-3-1-5-11(7-9)17-12-6-2-4-10(8-12)16-14/h1-8H. The maximum atomic E-state index is 8.63. The predicted molar refractivity (Wildman–Crippen MR) is 63.1 cm³/mol. The molecule has 0 spiro atoms. The van der Waals surface area contributed by atoms with Crippen LogP contribution >= 0.6 is 0 Å². The van der Waals surface area contributed by atoms with Crippen LogP contribution in [0.4, 0.5) is 11.4 Å². The first-order valence-electron chi connectivity index (χ1n) is 4.90. The number of rotatable bonds is 3. The molecule has 2 aromatic carbocycles. The topological polar surface area (TPSA) is 72.0 Å². The molecule has 5 heteroatoms. The molecule has 0 unspecified atom stereocenters. The van der Waals surface area contributed by atoms with E-state index in [9.17, 15) is 0 Å². The molecule has 0 radical (unpaired) electrons. The third kappa shape index (κ3) is 2.63. The predicted octanol–water partition coefficient (Wildman–Crippen LogP) is 4.62. The highest BCUT2D eigenvalue weighted by atomic mass is 16.5. The van der Waals surface area contributed by atoms with Crippen LogP contribution in [0.3, 0.4) is 0 Å². The van der Waals surface area contributed by atoms with E-state index in [1.54, 1.807) is 48.5 Å². The lowest BCUT2D eigenvalue weighted by atomic mass is 10.3. The Kier molecular flexibility index (Phi) is 3.08. The smallest absolute Gasteiger partial charge is 0.388 e. The molecule has 0 heterocycles. The average Bonchev–Trinajstić information content (AvgIpc) is 2.39. The molecule has 82 valence electrons. The fourth-order valence-corrected chi connectivity index (χ4v) is 1.35. The first-order chi connectivity index (χ1) is 8.31. The second kappa shape index (κ2) is 4.86. The molecule has 0 aliphatic heterocycles. The summed E-state index contributed by atoms with van der Waals surface area (Å²) in [7, 11) is 0. The van der Waals surface area contributed by atoms with Crippen molar-refractivity contribution >= 4 is 11.4 Å². The molecule has 0 aliphatic rings. The van der Waals surface area contributed by atoms with Crippen molar-refractivity contribution in [2.75, 3.05) is 0 Å². The number of hydrogen-bond donors (Lipinski definition) is 0. The zero-order valence-electron chi connectivity index (χ0n) is 8.82. The van der Waals surface area contributed by atoms with E-state index in [-0.39, 0.29) is 0 Å². The highest BCUT2D eigenvalue weighted by molar-refractivity contribution is 5.50. The molecular formula is C12H8N4O. The van der Waals surface area contributed by atoms with Gasteiger partial charge in [-0.1, -0.05) is 12.1 Å². The van der Waals surface area contributed by atoms with Crippen molar-refractivity contribution in [1.29, 1.82) is 5.39 Å². The van der Waals surface area contributed by atoms with Gasteiger partial charge in [-0.15, -0.1) is 0 Å². The summed E-state index contributed by atoms with van der Waals surface area (Å²) in [5.41, 5.74) is 9.45. The van der Waals surface area contributed by atoms with Crippen molar-refractivity contribution < 1.29 is 4.74 Å². The molecule has 0 saturated carbocycles. The van der Waals surface area contributed by atoms with Crippen LogP contribution in [0.1, 0.15) is 0 Å². The van der Waals surface area contributed by atoms with E-state index in [4.69, 9.17) is 15.7 Å². The summed E-state index contributed by atoms with van der Waals surface area (Å²) in [6.45, 7) is 0. The molecule has 0 aromatic heterocycles. The number of nitrogens with zero attached hydrogens (tertiary/aromatic N) is 4. The zero-order valence-corrected chi connectivity index (χ0v) is 8.82. The monoisotopic (exact) mass is 224 g/mol. The van der Waals surface area contributed by atoms with Crippen LogP contribution in [0.15, 0.2) is 53.6 Å². The fraction of sp³-hybridized carbons (Fsp3) is 0. The van der Waals surface area contributed by atoms with Gasteiger partial charge in [0.05, 0.1) is 6.07 Å². The molecule has 0 aliphatic carbocycles. The summed E-state index contributed by atoms with van der Waals surface area (Å²) in [4.78, 5) is 3.07. The Labute approximate surface area is 97.8 Å². The summed E-state index contributed by atoms with van der Waals surface area (Å²) in [5, 5.41) is 11.7. The average molecular weight is 224 g/mol. The summed E-state index contributed by atoms with van der Waals surface area (Å²) in [6.07, 6.45) is 0. The number of ether oxygens (including phenoxy) is 1. The van der Waals surface area contributed by atoms with Crippen LogP contribution in [0.2, 0.25) is 0 Å². The molecular weight excluding hydrogens is 216 g/mol. The maximum absolute atomic E-state index is 8.63. The van der Waals surface area contributed by atoms with E-state index in [0.29, 0.717) is 22.9 Å². The second-order valence-electron chi connectivity index (χ2n) is 3.30. The molecule has 0 fully saturated rings. The first-order valence-corrected chi connectivity index (χ1v) is 4.90. The highest BCUT2D eigenvalue weighted by Crippen LogP contribution is 2.27. The Bertz CT molecular complexity index is 589. The van der Waals surface area contributed by atoms with E-state index < -0.39 is 0 Å². The van der Waals surface area contributed by atoms with Gasteiger partial charge in [-0.25, -0.2) is 0 Å². The first kappa shape index (κ1) is 10.8. The van der Waals surface area contributed by atoms with Gasteiger partial charge in [0.25, 0.3) is 0 Å². The molecule has 0 bridgehead atoms. The number of benzene rings is 2. The minimum absolute atomic E-state index is 0.408. The van der Waals surface area contributed by atoms with E-state index in [1.165, 1.54) is 0 Å². The third-order valence-corrected chi connectivity index (χ3v) is 2.10. The Morgan fingerprint density at radius 1 is 1.06 bits per heavy atom. The van der Waals surface area contributed by atoms with Gasteiger partial charge in [0.15, 0.2) is 4.98 Å². The lowest BCUT2D eigenvalue weighted by molar-refractivity contribution is 0.483. The van der Waals surface area contributed by atoms with Gasteiger partial charge in [0.2, 0.25) is 5.39 Å². The molecule has 0 amide bonds. The van der Waals surface area contributed by atoms with Crippen molar-refractivity contribution in [2.24, 2.45) is 5.11 Å². The van der Waals surface area contributed by atoms with Crippen molar-refractivity contribution in [1.82, 2.24) is 0 Å². The Morgan fingerprint density at radius 2 is 1.76 bits per heavy atom. The van der Waals surface area contributed by atoms with Crippen LogP contribution in [-0.2, 0) is 0 Å². The quantitative estimate of drug-likeness (QED) is 0.563. The number of hydrogen-bond acceptors (Lipinski definition) is 3. The molecule has 0 N–H and O–H groups in total. The highest BCUT2D eigenvalue weighted by Gasteiger charge is 2.06.